The summed E-state index contributed by atoms with van der Waals surface area (Å²) < 4.78 is 0.808. The van der Waals surface area contributed by atoms with Gasteiger partial charge in [-0.25, -0.2) is 0 Å². The molecule has 92 valence electrons. The van der Waals surface area contributed by atoms with Crippen LogP contribution in [0, 0.1) is 0 Å². The van der Waals surface area contributed by atoms with Gasteiger partial charge >= 0.3 is 0 Å². The smallest absolute Gasteiger partial charge is 0.222 e. The molecule has 4 heteroatoms. The Morgan fingerprint density at radius 2 is 2.00 bits per heavy atom. The number of hydrogen-bond donors (Lipinski definition) is 2. The summed E-state index contributed by atoms with van der Waals surface area (Å²) in [5.41, 5.74) is 0.0238. The molecule has 0 aromatic rings. The van der Waals surface area contributed by atoms with Crippen molar-refractivity contribution in [3.63, 3.8) is 0 Å². The molecule has 1 aliphatic carbocycles. The number of carbonyl (C=O) groups is 1. The molecular weight excluding hydrogens is 268 g/mol. The summed E-state index contributed by atoms with van der Waals surface area (Å²) in [6, 6.07) is 0. The Morgan fingerprint density at radius 1 is 1.38 bits per heavy atom. The third-order valence-corrected chi connectivity index (χ3v) is 3.60. The van der Waals surface area contributed by atoms with Crippen molar-refractivity contribution in [3.8, 4) is 0 Å². The van der Waals surface area contributed by atoms with E-state index >= 15 is 0 Å². The topological polar surface area (TPSA) is 41.1 Å². The average molecular weight is 289 g/mol. The first-order valence-electron chi connectivity index (χ1n) is 5.87. The first-order chi connectivity index (χ1) is 7.58. The molecule has 1 saturated carbocycles. The number of amides is 1. The number of rotatable bonds is 5. The number of nitrogens with one attached hydrogen (secondary N) is 2. The van der Waals surface area contributed by atoms with Gasteiger partial charge < -0.3 is 10.6 Å². The summed E-state index contributed by atoms with van der Waals surface area (Å²) in [5.74, 6) is 0.108. The highest BCUT2D eigenvalue weighted by molar-refractivity contribution is 9.11. The zero-order valence-electron chi connectivity index (χ0n) is 9.94. The summed E-state index contributed by atoms with van der Waals surface area (Å²) in [5, 5.41) is 6.20. The monoisotopic (exact) mass is 288 g/mol. The molecule has 0 aromatic heterocycles. The molecule has 0 bridgehead atoms. The average Bonchev–Trinajstić information content (AvgIpc) is 2.28. The van der Waals surface area contributed by atoms with Crippen LogP contribution in [-0.2, 0) is 4.79 Å². The fourth-order valence-corrected chi connectivity index (χ4v) is 2.45. The minimum Gasteiger partial charge on any atom is -0.351 e. The van der Waals surface area contributed by atoms with Gasteiger partial charge in [-0.05, 0) is 19.9 Å². The Kier molecular flexibility index (Phi) is 5.49. The van der Waals surface area contributed by atoms with E-state index in [1.807, 2.05) is 7.05 Å². The van der Waals surface area contributed by atoms with Gasteiger partial charge in [-0.1, -0.05) is 41.8 Å². The van der Waals surface area contributed by atoms with Crippen LogP contribution in [0.5, 0.6) is 0 Å². The SMILES string of the molecule is C=C(Br)CNC(=O)CC1(NC)CCCCC1. The summed E-state index contributed by atoms with van der Waals surface area (Å²) in [6.45, 7) is 4.21. The van der Waals surface area contributed by atoms with Crippen molar-refractivity contribution < 1.29 is 4.79 Å². The highest BCUT2D eigenvalue weighted by atomic mass is 79.9. The van der Waals surface area contributed by atoms with Gasteiger partial charge in [0.25, 0.3) is 0 Å². The first-order valence-corrected chi connectivity index (χ1v) is 6.66. The molecule has 0 aromatic carbocycles. The molecule has 1 fully saturated rings. The predicted molar refractivity (Wildman–Crippen MR) is 70.6 cm³/mol. The largest absolute Gasteiger partial charge is 0.351 e. The number of carbonyl (C=O) groups excluding carboxylic acids is 1. The van der Waals surface area contributed by atoms with Crippen LogP contribution in [0.25, 0.3) is 0 Å². The summed E-state index contributed by atoms with van der Waals surface area (Å²) >= 11 is 3.23. The lowest BCUT2D eigenvalue weighted by atomic mass is 9.79. The van der Waals surface area contributed by atoms with Crippen molar-refractivity contribution in [2.45, 2.75) is 44.1 Å². The zero-order chi connectivity index (χ0) is 12.0. The lowest BCUT2D eigenvalue weighted by molar-refractivity contribution is -0.122. The van der Waals surface area contributed by atoms with Gasteiger partial charge in [-0.3, -0.25) is 4.79 Å². The first kappa shape index (κ1) is 13.7. The van der Waals surface area contributed by atoms with Crippen molar-refractivity contribution in [1.29, 1.82) is 0 Å². The third kappa shape index (κ3) is 4.26. The molecule has 1 rings (SSSR count). The number of hydrogen-bond acceptors (Lipinski definition) is 2. The molecule has 0 radical (unpaired) electrons. The second-order valence-electron chi connectivity index (χ2n) is 4.56. The maximum absolute atomic E-state index is 11.8. The summed E-state index contributed by atoms with van der Waals surface area (Å²) in [6.07, 6.45) is 6.52. The fraction of sp³-hybridized carbons (Fsp3) is 0.750. The van der Waals surface area contributed by atoms with Gasteiger partial charge in [0.2, 0.25) is 5.91 Å². The van der Waals surface area contributed by atoms with Gasteiger partial charge in [0.05, 0.1) is 0 Å². The van der Waals surface area contributed by atoms with Gasteiger partial charge in [0.15, 0.2) is 0 Å². The predicted octanol–water partition coefficient (Wildman–Crippen LogP) is 2.32. The Balaban J connectivity index is 2.42. The lowest BCUT2D eigenvalue weighted by Crippen LogP contribution is -2.48. The molecule has 3 nitrogen and oxygen atoms in total. The van der Waals surface area contributed by atoms with Crippen LogP contribution in [0.15, 0.2) is 11.1 Å². The third-order valence-electron chi connectivity index (χ3n) is 3.32. The van der Waals surface area contributed by atoms with Crippen molar-refractivity contribution in [2.75, 3.05) is 13.6 Å². The lowest BCUT2D eigenvalue weighted by Gasteiger charge is -2.36. The van der Waals surface area contributed by atoms with Crippen LogP contribution in [0.3, 0.4) is 0 Å². The molecule has 1 aliphatic rings. The van der Waals surface area contributed by atoms with Crippen LogP contribution in [0.2, 0.25) is 0 Å². The fourth-order valence-electron chi connectivity index (χ4n) is 2.31. The van der Waals surface area contributed by atoms with E-state index in [1.54, 1.807) is 0 Å². The highest BCUT2D eigenvalue weighted by Crippen LogP contribution is 2.30. The van der Waals surface area contributed by atoms with Crippen LogP contribution in [-0.4, -0.2) is 25.0 Å². The van der Waals surface area contributed by atoms with Gasteiger partial charge in [-0.2, -0.15) is 0 Å². The molecule has 0 atom stereocenters. The molecular formula is C12H21BrN2O. The Morgan fingerprint density at radius 3 is 2.50 bits per heavy atom. The molecule has 0 aliphatic heterocycles. The molecule has 1 amide bonds. The van der Waals surface area contributed by atoms with E-state index < -0.39 is 0 Å². The van der Waals surface area contributed by atoms with Gasteiger partial charge in [0, 0.05) is 23.0 Å². The van der Waals surface area contributed by atoms with E-state index in [4.69, 9.17) is 0 Å². The maximum Gasteiger partial charge on any atom is 0.222 e. The van der Waals surface area contributed by atoms with E-state index in [0.29, 0.717) is 13.0 Å². The molecule has 0 spiro atoms. The highest BCUT2D eigenvalue weighted by Gasteiger charge is 2.32. The van der Waals surface area contributed by atoms with Crippen LogP contribution in [0.1, 0.15) is 38.5 Å². The Hall–Kier alpha value is -0.350. The molecule has 16 heavy (non-hydrogen) atoms. The Labute approximate surface area is 106 Å². The van der Waals surface area contributed by atoms with E-state index in [-0.39, 0.29) is 11.4 Å². The summed E-state index contributed by atoms with van der Waals surface area (Å²) in [7, 11) is 1.96. The van der Waals surface area contributed by atoms with Crippen molar-refractivity contribution in [2.24, 2.45) is 0 Å². The minimum atomic E-state index is 0.0238. The quantitative estimate of drug-likeness (QED) is 0.815. The van der Waals surface area contributed by atoms with E-state index in [1.165, 1.54) is 19.3 Å². The van der Waals surface area contributed by atoms with E-state index in [0.717, 1.165) is 17.3 Å². The summed E-state index contributed by atoms with van der Waals surface area (Å²) in [4.78, 5) is 11.8. The molecule has 0 heterocycles. The van der Waals surface area contributed by atoms with Crippen LogP contribution >= 0.6 is 15.9 Å². The second-order valence-corrected chi connectivity index (χ2v) is 5.68. The number of halogens is 1. The molecule has 2 N–H and O–H groups in total. The second kappa shape index (κ2) is 6.40. The van der Waals surface area contributed by atoms with E-state index in [2.05, 4.69) is 33.1 Å². The normalized spacial score (nSPS) is 19.1. The van der Waals surface area contributed by atoms with Crippen molar-refractivity contribution in [1.82, 2.24) is 10.6 Å². The van der Waals surface area contributed by atoms with Gasteiger partial charge in [-0.15, -0.1) is 0 Å². The maximum atomic E-state index is 11.8. The van der Waals surface area contributed by atoms with E-state index in [9.17, 15) is 4.79 Å². The van der Waals surface area contributed by atoms with Gasteiger partial charge in [0.1, 0.15) is 0 Å². The Bertz CT molecular complexity index is 260. The van der Waals surface area contributed by atoms with Crippen molar-refractivity contribution >= 4 is 21.8 Å². The standard InChI is InChI=1S/C12H21BrN2O/c1-10(13)9-15-11(16)8-12(14-2)6-4-3-5-7-12/h14H,1,3-9H2,2H3,(H,15,16). The molecule has 0 saturated heterocycles. The van der Waals surface area contributed by atoms with Crippen LogP contribution in [0.4, 0.5) is 0 Å². The van der Waals surface area contributed by atoms with Crippen molar-refractivity contribution in [3.05, 3.63) is 11.1 Å². The zero-order valence-corrected chi connectivity index (χ0v) is 11.5. The minimum absolute atomic E-state index is 0.0238. The molecule has 0 unspecified atom stereocenters. The van der Waals surface area contributed by atoms with Crippen LogP contribution < -0.4 is 10.6 Å².